The number of imide groups is 1. The van der Waals surface area contributed by atoms with Crippen LogP contribution in [0, 0.1) is 5.41 Å². The number of likely N-dealkylation sites (N-methyl/N-ethyl adjacent to an activating group) is 1. The molecule has 2 N–H and O–H groups in total. The molecular weight excluding hydrogens is 658 g/mol. The number of hydrogen-bond acceptors (Lipinski definition) is 10. The van der Waals surface area contributed by atoms with E-state index in [2.05, 4.69) is 54.7 Å². The first-order valence-corrected chi connectivity index (χ1v) is 17.9. The molecule has 0 radical (unpaired) electrons. The fraction of sp³-hybridized carbons (Fsp3) is 0.528. The van der Waals surface area contributed by atoms with E-state index in [0.717, 1.165) is 76.9 Å². The molecule has 4 aliphatic rings. The summed E-state index contributed by atoms with van der Waals surface area (Å²) in [5.74, 6) is 0.129. The van der Waals surface area contributed by atoms with Gasteiger partial charge in [-0.25, -0.2) is 14.6 Å². The molecule has 6 heterocycles. The first kappa shape index (κ1) is 34.1. The molecule has 1 spiro atoms. The summed E-state index contributed by atoms with van der Waals surface area (Å²) in [6, 6.07) is 8.19. The molecule has 3 amide bonds. The Morgan fingerprint density at radius 2 is 1.60 bits per heavy atom. The quantitative estimate of drug-likeness (QED) is 0.368. The lowest BCUT2D eigenvalue weighted by Crippen LogP contribution is -2.48. The highest BCUT2D eigenvalue weighted by Crippen LogP contribution is 2.42. The molecule has 0 saturated carbocycles. The minimum Gasteiger partial charge on any atom is -0.378 e. The van der Waals surface area contributed by atoms with Gasteiger partial charge in [0.25, 0.3) is 11.5 Å². The average Bonchev–Trinajstić information content (AvgIpc) is 3.12. The number of carbonyl (C=O) groups is 3. The fourth-order valence-electron chi connectivity index (χ4n) is 8.13. The van der Waals surface area contributed by atoms with Gasteiger partial charge >= 0.3 is 0 Å². The zero-order valence-electron chi connectivity index (χ0n) is 28.6. The maximum atomic E-state index is 13.6. The minimum atomic E-state index is -0.384. The highest BCUT2D eigenvalue weighted by molar-refractivity contribution is 6.32. The Kier molecular flexibility index (Phi) is 9.62. The van der Waals surface area contributed by atoms with Crippen LogP contribution in [-0.2, 0) is 16.6 Å². The maximum Gasteiger partial charge on any atom is 0.287 e. The Hall–Kier alpha value is -4.36. The van der Waals surface area contributed by atoms with E-state index in [1.807, 2.05) is 17.0 Å². The first-order valence-electron chi connectivity index (χ1n) is 17.5. The fourth-order valence-corrected chi connectivity index (χ4v) is 8.35. The third-order valence-corrected chi connectivity index (χ3v) is 11.6. The Labute approximate surface area is 296 Å². The number of halogens is 1. The summed E-state index contributed by atoms with van der Waals surface area (Å²) in [4.78, 5) is 65.2. The normalized spacial score (nSPS) is 24.3. The molecule has 4 saturated heterocycles. The van der Waals surface area contributed by atoms with Crippen molar-refractivity contribution in [1.82, 2.24) is 34.9 Å². The van der Waals surface area contributed by atoms with Gasteiger partial charge in [-0.05, 0) is 74.6 Å². The molecule has 14 heteroatoms. The van der Waals surface area contributed by atoms with E-state index < -0.39 is 0 Å². The van der Waals surface area contributed by atoms with Gasteiger partial charge in [0.2, 0.25) is 17.8 Å². The molecule has 264 valence electrons. The number of carbonyl (C=O) groups excluding carboxylic acids is 3. The molecule has 7 rings (SSSR count). The standard InChI is InChI=1S/C36H44ClN9O4/c1-43-21-25(17-27(22-43)41-29-20-40-44(2)34(50)31(29)37)23-3-5-24(6-4-23)33(49)45-13-9-36(10-14-45)11-15-46(16-12-36)35-38-18-26(19-39-35)28-7-8-30(47)42-32(28)48/h3-6,18-20,25,27-28,41H,7-17,21-22H2,1-2H3,(H,42,47,48)/t25-,27+,28?/m0/s1. The van der Waals surface area contributed by atoms with Crippen LogP contribution >= 0.6 is 11.6 Å². The van der Waals surface area contributed by atoms with Crippen molar-refractivity contribution in [2.75, 3.05) is 56.5 Å². The number of piperidine rings is 4. The number of benzene rings is 1. The first-order chi connectivity index (χ1) is 24.1. The second-order valence-corrected chi connectivity index (χ2v) is 14.9. The van der Waals surface area contributed by atoms with Crippen LogP contribution in [0.1, 0.15) is 78.3 Å². The van der Waals surface area contributed by atoms with Gasteiger partial charge in [-0.3, -0.25) is 24.5 Å². The van der Waals surface area contributed by atoms with Crippen molar-refractivity contribution in [1.29, 1.82) is 0 Å². The molecule has 2 aromatic heterocycles. The van der Waals surface area contributed by atoms with Crippen molar-refractivity contribution < 1.29 is 14.4 Å². The highest BCUT2D eigenvalue weighted by Gasteiger charge is 2.39. The van der Waals surface area contributed by atoms with Crippen LogP contribution in [0.3, 0.4) is 0 Å². The van der Waals surface area contributed by atoms with Crippen LogP contribution in [-0.4, -0.2) is 99.6 Å². The molecule has 50 heavy (non-hydrogen) atoms. The summed E-state index contributed by atoms with van der Waals surface area (Å²) < 4.78 is 1.23. The smallest absolute Gasteiger partial charge is 0.287 e. The van der Waals surface area contributed by atoms with Gasteiger partial charge < -0.3 is 20.0 Å². The molecule has 0 aliphatic carbocycles. The van der Waals surface area contributed by atoms with Gasteiger partial charge in [0.05, 0.1) is 17.8 Å². The van der Waals surface area contributed by atoms with Gasteiger partial charge in [0, 0.05) is 82.3 Å². The van der Waals surface area contributed by atoms with Crippen molar-refractivity contribution in [3.8, 4) is 0 Å². The topological polar surface area (TPSA) is 146 Å². The summed E-state index contributed by atoms with van der Waals surface area (Å²) in [5, 5.41) is 10.1. The minimum absolute atomic E-state index is 0.0847. The van der Waals surface area contributed by atoms with Crippen molar-refractivity contribution in [2.45, 2.75) is 62.8 Å². The molecule has 1 unspecified atom stereocenters. The predicted molar refractivity (Wildman–Crippen MR) is 189 cm³/mol. The number of likely N-dealkylation sites (tertiary alicyclic amines) is 2. The van der Waals surface area contributed by atoms with Gasteiger partial charge in [0.15, 0.2) is 0 Å². The second-order valence-electron chi connectivity index (χ2n) is 14.5. The van der Waals surface area contributed by atoms with Crippen molar-refractivity contribution >= 4 is 41.0 Å². The molecule has 0 bridgehead atoms. The average molecular weight is 702 g/mol. The van der Waals surface area contributed by atoms with E-state index in [-0.39, 0.29) is 51.6 Å². The molecule has 4 fully saturated rings. The van der Waals surface area contributed by atoms with Gasteiger partial charge in [-0.2, -0.15) is 5.10 Å². The van der Waals surface area contributed by atoms with Gasteiger partial charge in [-0.1, -0.05) is 23.7 Å². The molecule has 4 aliphatic heterocycles. The second kappa shape index (κ2) is 14.1. The summed E-state index contributed by atoms with van der Waals surface area (Å²) in [6.07, 6.45) is 10.7. The van der Waals surface area contributed by atoms with E-state index in [4.69, 9.17) is 11.6 Å². The van der Waals surface area contributed by atoms with E-state index >= 15 is 0 Å². The Morgan fingerprint density at radius 3 is 2.28 bits per heavy atom. The third-order valence-electron chi connectivity index (χ3n) is 11.2. The summed E-state index contributed by atoms with van der Waals surface area (Å²) >= 11 is 6.31. The number of rotatable bonds is 6. The van der Waals surface area contributed by atoms with E-state index in [0.29, 0.717) is 30.0 Å². The van der Waals surface area contributed by atoms with Crippen LogP contribution < -0.4 is 21.1 Å². The van der Waals surface area contributed by atoms with Crippen LogP contribution in [0.25, 0.3) is 0 Å². The lowest BCUT2D eigenvalue weighted by atomic mass is 9.71. The zero-order valence-corrected chi connectivity index (χ0v) is 29.4. The molecule has 3 aromatic rings. The lowest BCUT2D eigenvalue weighted by molar-refractivity contribution is -0.134. The van der Waals surface area contributed by atoms with Crippen LogP contribution in [0.2, 0.25) is 5.02 Å². The zero-order chi connectivity index (χ0) is 35.0. The van der Waals surface area contributed by atoms with Gasteiger partial charge in [-0.15, -0.1) is 0 Å². The number of amides is 3. The molecule has 13 nitrogen and oxygen atoms in total. The van der Waals surface area contributed by atoms with Crippen molar-refractivity contribution in [2.24, 2.45) is 12.5 Å². The summed E-state index contributed by atoms with van der Waals surface area (Å²) in [7, 11) is 3.67. The predicted octanol–water partition coefficient (Wildman–Crippen LogP) is 3.17. The number of aromatic nitrogens is 4. The van der Waals surface area contributed by atoms with Crippen LogP contribution in [0.15, 0.2) is 47.7 Å². The van der Waals surface area contributed by atoms with E-state index in [1.165, 1.54) is 10.2 Å². The third kappa shape index (κ3) is 7.11. The van der Waals surface area contributed by atoms with Gasteiger partial charge in [0.1, 0.15) is 5.02 Å². The van der Waals surface area contributed by atoms with E-state index in [1.54, 1.807) is 25.6 Å². The molecular formula is C36H44ClN9O4. The number of anilines is 2. The summed E-state index contributed by atoms with van der Waals surface area (Å²) in [5.41, 5.74) is 3.09. The van der Waals surface area contributed by atoms with Crippen molar-refractivity contribution in [3.63, 3.8) is 0 Å². The molecule has 1 aromatic carbocycles. The number of hydrogen-bond donors (Lipinski definition) is 2. The number of nitrogens with one attached hydrogen (secondary N) is 2. The summed E-state index contributed by atoms with van der Waals surface area (Å²) in [6.45, 7) is 4.93. The van der Waals surface area contributed by atoms with Crippen LogP contribution in [0.5, 0.6) is 0 Å². The van der Waals surface area contributed by atoms with Crippen LogP contribution in [0.4, 0.5) is 11.6 Å². The van der Waals surface area contributed by atoms with E-state index in [9.17, 15) is 19.2 Å². The lowest BCUT2D eigenvalue weighted by Gasteiger charge is -2.46. The number of nitrogens with zero attached hydrogens (tertiary/aromatic N) is 7. The monoisotopic (exact) mass is 701 g/mol. The molecule has 3 atom stereocenters. The SMILES string of the molecule is CN1C[C@H](Nc2cnn(C)c(=O)c2Cl)C[C@H](c2ccc(C(=O)N3CCC4(CC3)CCN(c3ncc(C5CCC(=O)NC5=O)cn3)CC4)cc2)C1. The Bertz CT molecular complexity index is 1800. The Morgan fingerprint density at radius 1 is 0.920 bits per heavy atom. The van der Waals surface area contributed by atoms with Crippen molar-refractivity contribution in [3.05, 3.63) is 74.9 Å². The Balaban J connectivity index is 0.901. The number of aryl methyl sites for hydroxylation is 1. The largest absolute Gasteiger partial charge is 0.378 e. The maximum absolute atomic E-state index is 13.6. The highest BCUT2D eigenvalue weighted by atomic mass is 35.5.